The van der Waals surface area contributed by atoms with Gasteiger partial charge in [-0.3, -0.25) is 9.69 Å². The molecule has 2 heterocycles. The van der Waals surface area contributed by atoms with Gasteiger partial charge in [-0.25, -0.2) is 14.2 Å². The van der Waals surface area contributed by atoms with Crippen molar-refractivity contribution in [1.29, 1.82) is 0 Å². The van der Waals surface area contributed by atoms with Crippen LogP contribution in [0.5, 0.6) is 5.88 Å². The Kier molecular flexibility index (Phi) is 9.29. The molecule has 1 aliphatic carbocycles. The summed E-state index contributed by atoms with van der Waals surface area (Å²) in [6.45, 7) is 2.45. The molecule has 5 rings (SSSR count). The predicted octanol–water partition coefficient (Wildman–Crippen LogP) is 5.71. The quantitative estimate of drug-likeness (QED) is 0.220. The minimum atomic E-state index is -4.93. The molecule has 2 fully saturated rings. The summed E-state index contributed by atoms with van der Waals surface area (Å²) < 4.78 is 64.3. The Labute approximate surface area is 247 Å². The number of carbonyl (C=O) groups is 2. The summed E-state index contributed by atoms with van der Waals surface area (Å²) in [6.07, 6.45) is -1.70. The first kappa shape index (κ1) is 30.5. The number of alkyl halides is 3. The average Bonchev–Trinajstić information content (AvgIpc) is 3.81. The Morgan fingerprint density at radius 2 is 1.63 bits per heavy atom. The number of likely N-dealkylation sites (tertiary alicyclic amines) is 1. The predicted molar refractivity (Wildman–Crippen MR) is 151 cm³/mol. The summed E-state index contributed by atoms with van der Waals surface area (Å²) in [5, 5.41) is 0. The fraction of sp³-hybridized carbons (Fsp3) is 0.406. The number of rotatable bonds is 10. The molecule has 1 saturated carbocycles. The van der Waals surface area contributed by atoms with Crippen LogP contribution in [-0.4, -0.2) is 78.8 Å². The van der Waals surface area contributed by atoms with Gasteiger partial charge in [-0.1, -0.05) is 36.4 Å². The summed E-state index contributed by atoms with van der Waals surface area (Å²) in [5.74, 6) is -2.38. The molecule has 1 aliphatic heterocycles. The largest absolute Gasteiger partial charge is 0.476 e. The number of methoxy groups -OCH3 is 1. The number of esters is 1. The number of amides is 1. The van der Waals surface area contributed by atoms with Crippen molar-refractivity contribution < 1.29 is 36.6 Å². The second-order valence-electron chi connectivity index (χ2n) is 11.0. The maximum absolute atomic E-state index is 13.6. The third-order valence-corrected chi connectivity index (χ3v) is 8.15. The van der Waals surface area contributed by atoms with Crippen LogP contribution in [0.15, 0.2) is 66.9 Å². The van der Waals surface area contributed by atoms with Crippen LogP contribution in [0.25, 0.3) is 11.1 Å². The number of benzene rings is 2. The SMILES string of the molecule is COC(=O)c1ccc(OCCN2CCC(CN(C(=O)C(F)(F)F)C3CC3c3ccc(-c4ccc(F)cc4)cc3)CC2)nc1. The highest BCUT2D eigenvalue weighted by Crippen LogP contribution is 2.46. The summed E-state index contributed by atoms with van der Waals surface area (Å²) in [5.41, 5.74) is 2.94. The van der Waals surface area contributed by atoms with E-state index in [-0.39, 0.29) is 24.2 Å². The fourth-order valence-corrected chi connectivity index (χ4v) is 5.64. The molecule has 2 unspecified atom stereocenters. The highest BCUT2D eigenvalue weighted by atomic mass is 19.4. The third kappa shape index (κ3) is 7.70. The van der Waals surface area contributed by atoms with Gasteiger partial charge in [0.15, 0.2) is 0 Å². The van der Waals surface area contributed by atoms with E-state index in [0.717, 1.165) is 21.6 Å². The maximum atomic E-state index is 13.6. The smallest absolute Gasteiger partial charge is 0.471 e. The van der Waals surface area contributed by atoms with Gasteiger partial charge in [0.2, 0.25) is 5.88 Å². The van der Waals surface area contributed by atoms with Crippen LogP contribution in [0, 0.1) is 11.7 Å². The van der Waals surface area contributed by atoms with E-state index >= 15 is 0 Å². The first-order valence-electron chi connectivity index (χ1n) is 14.3. The molecule has 2 atom stereocenters. The van der Waals surface area contributed by atoms with Crippen LogP contribution in [0.2, 0.25) is 0 Å². The molecule has 228 valence electrons. The standard InChI is InChI=1S/C32H33F4N3O4/c1-42-30(40)25-8-11-29(37-19-25)43-17-16-38-14-12-21(13-15-38)20-39(31(41)32(34,35)36)28-18-27(28)24-4-2-22(3-5-24)23-6-9-26(33)10-7-23/h2-11,19,21,27-28H,12-18,20H2,1H3. The Balaban J connectivity index is 1.12. The first-order valence-corrected chi connectivity index (χ1v) is 14.3. The minimum Gasteiger partial charge on any atom is -0.476 e. The molecule has 0 bridgehead atoms. The summed E-state index contributed by atoms with van der Waals surface area (Å²) >= 11 is 0. The Bertz CT molecular complexity index is 1390. The normalized spacial score (nSPS) is 19.1. The number of ether oxygens (including phenoxy) is 2. The molecule has 7 nitrogen and oxygen atoms in total. The number of hydrogen-bond acceptors (Lipinski definition) is 6. The number of piperidine rings is 1. The van der Waals surface area contributed by atoms with Crippen molar-refractivity contribution in [3.8, 4) is 17.0 Å². The van der Waals surface area contributed by atoms with E-state index in [2.05, 4.69) is 14.6 Å². The molecule has 2 aliphatic rings. The van der Waals surface area contributed by atoms with Crippen molar-refractivity contribution in [3.05, 3.63) is 83.8 Å². The average molecular weight is 600 g/mol. The molecule has 1 aromatic heterocycles. The van der Waals surface area contributed by atoms with Gasteiger partial charge in [0.25, 0.3) is 0 Å². The molecule has 0 radical (unpaired) electrons. The zero-order valence-corrected chi connectivity index (χ0v) is 23.7. The highest BCUT2D eigenvalue weighted by molar-refractivity contribution is 5.88. The topological polar surface area (TPSA) is 72.0 Å². The van der Waals surface area contributed by atoms with E-state index < -0.39 is 24.1 Å². The summed E-state index contributed by atoms with van der Waals surface area (Å²) in [6, 6.07) is 16.3. The van der Waals surface area contributed by atoms with E-state index in [1.165, 1.54) is 25.4 Å². The molecule has 3 aromatic rings. The molecule has 2 aromatic carbocycles. The summed E-state index contributed by atoms with van der Waals surface area (Å²) in [4.78, 5) is 31.3. The fourth-order valence-electron chi connectivity index (χ4n) is 5.64. The van der Waals surface area contributed by atoms with Crippen molar-refractivity contribution >= 4 is 11.9 Å². The Morgan fingerprint density at radius 1 is 0.977 bits per heavy atom. The van der Waals surface area contributed by atoms with Crippen LogP contribution in [-0.2, 0) is 9.53 Å². The van der Waals surface area contributed by atoms with E-state index in [1.807, 2.05) is 24.3 Å². The minimum absolute atomic E-state index is 0.0295. The number of halogens is 4. The van der Waals surface area contributed by atoms with Gasteiger partial charge in [-0.15, -0.1) is 0 Å². The van der Waals surface area contributed by atoms with Gasteiger partial charge < -0.3 is 14.4 Å². The molecule has 1 saturated heterocycles. The third-order valence-electron chi connectivity index (χ3n) is 8.15. The first-order chi connectivity index (χ1) is 20.6. The van der Waals surface area contributed by atoms with E-state index in [9.17, 15) is 27.2 Å². The van der Waals surface area contributed by atoms with Gasteiger partial charge >= 0.3 is 18.1 Å². The lowest BCUT2D eigenvalue weighted by Crippen LogP contribution is -2.47. The van der Waals surface area contributed by atoms with Crippen LogP contribution >= 0.6 is 0 Å². The number of hydrogen-bond donors (Lipinski definition) is 0. The lowest BCUT2D eigenvalue weighted by Gasteiger charge is -2.35. The number of carbonyl (C=O) groups excluding carboxylic acids is 2. The number of aromatic nitrogens is 1. The maximum Gasteiger partial charge on any atom is 0.471 e. The van der Waals surface area contributed by atoms with E-state index in [4.69, 9.17) is 4.74 Å². The molecule has 43 heavy (non-hydrogen) atoms. The number of nitrogens with zero attached hydrogens (tertiary/aromatic N) is 3. The van der Waals surface area contributed by atoms with E-state index in [1.54, 1.807) is 24.3 Å². The van der Waals surface area contributed by atoms with Gasteiger partial charge in [0, 0.05) is 37.3 Å². The monoisotopic (exact) mass is 599 g/mol. The second kappa shape index (κ2) is 13.1. The lowest BCUT2D eigenvalue weighted by atomic mass is 9.95. The Hall–Kier alpha value is -3.99. The lowest BCUT2D eigenvalue weighted by molar-refractivity contribution is -0.187. The van der Waals surface area contributed by atoms with Crippen molar-refractivity contribution in [3.63, 3.8) is 0 Å². The van der Waals surface area contributed by atoms with Crippen molar-refractivity contribution in [2.75, 3.05) is 39.9 Å². The molecule has 0 N–H and O–H groups in total. The van der Waals surface area contributed by atoms with Crippen molar-refractivity contribution in [2.45, 2.75) is 37.4 Å². The van der Waals surface area contributed by atoms with Crippen LogP contribution < -0.4 is 4.74 Å². The zero-order chi connectivity index (χ0) is 30.6. The molecular weight excluding hydrogens is 566 g/mol. The molecular formula is C32H33F4N3O4. The van der Waals surface area contributed by atoms with Crippen molar-refractivity contribution in [1.82, 2.24) is 14.8 Å². The molecule has 0 spiro atoms. The van der Waals surface area contributed by atoms with Gasteiger partial charge in [0.1, 0.15) is 12.4 Å². The van der Waals surface area contributed by atoms with Crippen LogP contribution in [0.4, 0.5) is 17.6 Å². The van der Waals surface area contributed by atoms with Crippen molar-refractivity contribution in [2.24, 2.45) is 5.92 Å². The molecule has 1 amide bonds. The summed E-state index contributed by atoms with van der Waals surface area (Å²) in [7, 11) is 1.29. The van der Waals surface area contributed by atoms with Gasteiger partial charge in [-0.2, -0.15) is 13.2 Å². The second-order valence-corrected chi connectivity index (χ2v) is 11.0. The highest BCUT2D eigenvalue weighted by Gasteiger charge is 2.52. The zero-order valence-electron chi connectivity index (χ0n) is 23.7. The van der Waals surface area contributed by atoms with Gasteiger partial charge in [-0.05, 0) is 73.2 Å². The van der Waals surface area contributed by atoms with Crippen LogP contribution in [0.1, 0.15) is 41.1 Å². The van der Waals surface area contributed by atoms with Crippen LogP contribution in [0.3, 0.4) is 0 Å². The molecule has 11 heteroatoms. The van der Waals surface area contributed by atoms with E-state index in [0.29, 0.717) is 56.9 Å². The Morgan fingerprint density at radius 3 is 2.21 bits per heavy atom. The number of pyridine rings is 1. The van der Waals surface area contributed by atoms with Gasteiger partial charge in [0.05, 0.1) is 12.7 Å².